The lowest BCUT2D eigenvalue weighted by atomic mass is 9.83. The van der Waals surface area contributed by atoms with E-state index >= 15 is 0 Å². The molecule has 33 heavy (non-hydrogen) atoms. The third-order valence-corrected chi connectivity index (χ3v) is 6.45. The predicted molar refractivity (Wildman–Crippen MR) is 133 cm³/mol. The van der Waals surface area contributed by atoms with E-state index in [-0.39, 0.29) is 17.8 Å². The van der Waals surface area contributed by atoms with E-state index < -0.39 is 5.60 Å². The summed E-state index contributed by atoms with van der Waals surface area (Å²) in [6.07, 6.45) is 5.39. The Bertz CT molecular complexity index is 954. The number of rotatable bonds is 8. The van der Waals surface area contributed by atoms with Crippen molar-refractivity contribution >= 4 is 17.6 Å². The molecule has 1 atom stereocenters. The molecule has 2 aromatic carbocycles. The third kappa shape index (κ3) is 6.91. The Kier molecular flexibility index (Phi) is 8.30. The average Bonchev–Trinajstić information content (AvgIpc) is 3.28. The van der Waals surface area contributed by atoms with Gasteiger partial charge in [0.15, 0.2) is 0 Å². The number of hydrogen-bond donors (Lipinski definition) is 2. The maximum absolute atomic E-state index is 13.5. The summed E-state index contributed by atoms with van der Waals surface area (Å²) in [5.41, 5.74) is 10.2. The van der Waals surface area contributed by atoms with Gasteiger partial charge in [-0.25, -0.2) is 0 Å². The number of carbonyl (C=O) groups excluding carboxylic acids is 2. The van der Waals surface area contributed by atoms with E-state index in [1.54, 1.807) is 0 Å². The van der Waals surface area contributed by atoms with Crippen LogP contribution in [0.4, 0.5) is 5.69 Å². The van der Waals surface area contributed by atoms with E-state index in [2.05, 4.69) is 17.4 Å². The number of nitrogens with two attached hydrogens (primary N) is 1. The fourth-order valence-corrected chi connectivity index (χ4v) is 4.72. The minimum Gasteiger partial charge on any atom is -0.460 e. The monoisotopic (exact) mass is 450 g/mol. The molecule has 5 heteroatoms. The van der Waals surface area contributed by atoms with Gasteiger partial charge in [-0.2, -0.15) is 0 Å². The van der Waals surface area contributed by atoms with Crippen LogP contribution in [0.3, 0.4) is 0 Å². The Balaban J connectivity index is 1.75. The maximum Gasteiger partial charge on any atom is 0.306 e. The lowest BCUT2D eigenvalue weighted by molar-refractivity contribution is -0.154. The smallest absolute Gasteiger partial charge is 0.306 e. The molecular weight excluding hydrogens is 412 g/mol. The highest BCUT2D eigenvalue weighted by Crippen LogP contribution is 2.38. The molecule has 3 rings (SSSR count). The number of aryl methyl sites for hydroxylation is 1. The van der Waals surface area contributed by atoms with Gasteiger partial charge in [-0.15, -0.1) is 0 Å². The lowest BCUT2D eigenvalue weighted by Gasteiger charge is -2.24. The zero-order valence-corrected chi connectivity index (χ0v) is 20.4. The highest BCUT2D eigenvalue weighted by Gasteiger charge is 2.32. The van der Waals surface area contributed by atoms with Crippen LogP contribution in [0.25, 0.3) is 0 Å². The van der Waals surface area contributed by atoms with Crippen LogP contribution in [0.2, 0.25) is 0 Å². The molecule has 2 aromatic rings. The molecule has 1 aliphatic carbocycles. The molecule has 0 bridgehead atoms. The number of hydrogen-bond acceptors (Lipinski definition) is 4. The molecule has 0 aliphatic heterocycles. The zero-order chi connectivity index (χ0) is 24.0. The molecule has 178 valence electrons. The van der Waals surface area contributed by atoms with Gasteiger partial charge < -0.3 is 15.8 Å². The molecule has 5 nitrogen and oxygen atoms in total. The first-order valence-corrected chi connectivity index (χ1v) is 12.1. The van der Waals surface area contributed by atoms with Crippen molar-refractivity contribution in [2.24, 2.45) is 11.7 Å². The van der Waals surface area contributed by atoms with Crippen LogP contribution in [0.5, 0.6) is 0 Å². The van der Waals surface area contributed by atoms with Crippen molar-refractivity contribution < 1.29 is 14.3 Å². The third-order valence-electron chi connectivity index (χ3n) is 6.45. The van der Waals surface area contributed by atoms with Crippen molar-refractivity contribution in [2.45, 2.75) is 84.3 Å². The summed E-state index contributed by atoms with van der Waals surface area (Å²) in [6, 6.07) is 14.0. The van der Waals surface area contributed by atoms with Gasteiger partial charge in [-0.05, 0) is 81.2 Å². The minimum atomic E-state index is -0.487. The second-order valence-corrected chi connectivity index (χ2v) is 10.1. The van der Waals surface area contributed by atoms with Crippen LogP contribution < -0.4 is 11.1 Å². The van der Waals surface area contributed by atoms with Crippen molar-refractivity contribution in [2.75, 3.05) is 5.32 Å². The second kappa shape index (κ2) is 11.0. The fraction of sp³-hybridized carbons (Fsp3) is 0.500. The highest BCUT2D eigenvalue weighted by atomic mass is 16.6. The predicted octanol–water partition coefficient (Wildman–Crippen LogP) is 5.64. The first-order valence-electron chi connectivity index (χ1n) is 12.1. The van der Waals surface area contributed by atoms with E-state index in [4.69, 9.17) is 10.5 Å². The summed E-state index contributed by atoms with van der Waals surface area (Å²) < 4.78 is 5.43. The van der Waals surface area contributed by atoms with Crippen LogP contribution in [-0.4, -0.2) is 17.5 Å². The average molecular weight is 451 g/mol. The molecule has 1 fully saturated rings. The topological polar surface area (TPSA) is 81.4 Å². The first-order chi connectivity index (χ1) is 15.7. The van der Waals surface area contributed by atoms with Gasteiger partial charge in [0.2, 0.25) is 5.91 Å². The number of benzene rings is 2. The first kappa shape index (κ1) is 25.0. The molecule has 1 aliphatic rings. The summed E-state index contributed by atoms with van der Waals surface area (Å²) in [7, 11) is 0. The Morgan fingerprint density at radius 3 is 2.36 bits per heavy atom. The van der Waals surface area contributed by atoms with Crippen LogP contribution in [0.15, 0.2) is 42.5 Å². The fourth-order valence-electron chi connectivity index (χ4n) is 4.72. The molecule has 0 heterocycles. The largest absolute Gasteiger partial charge is 0.460 e. The minimum absolute atomic E-state index is 0.0368. The van der Waals surface area contributed by atoms with Crippen LogP contribution in [-0.2, 0) is 27.3 Å². The quantitative estimate of drug-likeness (QED) is 0.510. The molecule has 0 spiro atoms. The van der Waals surface area contributed by atoms with Crippen molar-refractivity contribution in [3.8, 4) is 0 Å². The maximum atomic E-state index is 13.5. The van der Waals surface area contributed by atoms with E-state index in [1.165, 1.54) is 12.8 Å². The van der Waals surface area contributed by atoms with Crippen LogP contribution in [0.1, 0.15) is 81.0 Å². The summed E-state index contributed by atoms with van der Waals surface area (Å²) >= 11 is 0. The van der Waals surface area contributed by atoms with E-state index in [0.717, 1.165) is 40.8 Å². The number of nitrogens with one attached hydrogen (secondary N) is 1. The second-order valence-electron chi connectivity index (χ2n) is 10.1. The van der Waals surface area contributed by atoms with Crippen LogP contribution >= 0.6 is 0 Å². The van der Waals surface area contributed by atoms with Gasteiger partial charge >= 0.3 is 5.97 Å². The molecule has 0 saturated heterocycles. The van der Waals surface area contributed by atoms with Gasteiger partial charge in [0.25, 0.3) is 0 Å². The zero-order valence-electron chi connectivity index (χ0n) is 20.4. The van der Waals surface area contributed by atoms with E-state index in [9.17, 15) is 9.59 Å². The summed E-state index contributed by atoms with van der Waals surface area (Å²) in [6.45, 7) is 8.11. The number of anilines is 1. The summed E-state index contributed by atoms with van der Waals surface area (Å²) in [5, 5.41) is 3.20. The molecule has 1 unspecified atom stereocenters. The van der Waals surface area contributed by atoms with E-state index in [0.29, 0.717) is 25.3 Å². The normalized spacial score (nSPS) is 15.3. The lowest BCUT2D eigenvalue weighted by Crippen LogP contribution is -2.27. The highest BCUT2D eigenvalue weighted by molar-refractivity contribution is 5.96. The van der Waals surface area contributed by atoms with Crippen molar-refractivity contribution in [3.05, 3.63) is 64.7 Å². The van der Waals surface area contributed by atoms with Gasteiger partial charge in [-0.1, -0.05) is 49.2 Å². The molecule has 3 N–H and O–H groups in total. The van der Waals surface area contributed by atoms with Gasteiger partial charge in [-0.3, -0.25) is 9.59 Å². The molecular formula is C28H38N2O3. The SMILES string of the molecule is Cc1c(CCC(=O)OC(C)(C)C)cccc1NC(=O)C(c1ccc(CN)cc1)C1CCCC1. The van der Waals surface area contributed by atoms with Crippen LogP contribution in [0, 0.1) is 12.8 Å². The summed E-state index contributed by atoms with van der Waals surface area (Å²) in [4.78, 5) is 25.7. The Morgan fingerprint density at radius 1 is 1.09 bits per heavy atom. The van der Waals surface area contributed by atoms with Crippen molar-refractivity contribution in [1.82, 2.24) is 0 Å². The Hall–Kier alpha value is -2.66. The number of esters is 1. The molecule has 0 aromatic heterocycles. The van der Waals surface area contributed by atoms with Gasteiger partial charge in [0.1, 0.15) is 5.60 Å². The Labute approximate surface area is 198 Å². The molecule has 1 saturated carbocycles. The standard InChI is InChI=1S/C28H38N2O3/c1-19-21(16-17-25(31)33-28(2,3)4)10-7-11-24(19)30-27(32)26(22-8-5-6-9-22)23-14-12-20(18-29)13-15-23/h7,10-15,22,26H,5-6,8-9,16-18,29H2,1-4H3,(H,30,32). The van der Waals surface area contributed by atoms with Crippen molar-refractivity contribution in [3.63, 3.8) is 0 Å². The number of carbonyl (C=O) groups is 2. The molecule has 0 radical (unpaired) electrons. The van der Waals surface area contributed by atoms with E-state index in [1.807, 2.05) is 58.0 Å². The summed E-state index contributed by atoms with van der Waals surface area (Å²) in [5.74, 6) is 0.00174. The number of ether oxygens (including phenoxy) is 1. The molecule has 1 amide bonds. The number of amides is 1. The Morgan fingerprint density at radius 2 is 1.76 bits per heavy atom. The van der Waals surface area contributed by atoms with Crippen molar-refractivity contribution in [1.29, 1.82) is 0 Å². The van der Waals surface area contributed by atoms with Gasteiger partial charge in [0, 0.05) is 18.7 Å². The van der Waals surface area contributed by atoms with Gasteiger partial charge in [0.05, 0.1) is 5.92 Å².